The first-order valence-corrected chi connectivity index (χ1v) is 6.85. The number of halogens is 2. The van der Waals surface area contributed by atoms with Gasteiger partial charge in [-0.3, -0.25) is 4.79 Å². The van der Waals surface area contributed by atoms with Gasteiger partial charge in [-0.2, -0.15) is 0 Å². The average Bonchev–Trinajstić information content (AvgIpc) is 2.45. The summed E-state index contributed by atoms with van der Waals surface area (Å²) in [5.74, 6) is -0.314. The molecule has 4 nitrogen and oxygen atoms in total. The number of hydrogen-bond donors (Lipinski definition) is 1. The summed E-state index contributed by atoms with van der Waals surface area (Å²) in [7, 11) is 0. The molecule has 0 atom stereocenters. The van der Waals surface area contributed by atoms with Crippen molar-refractivity contribution in [2.75, 3.05) is 11.9 Å². The van der Waals surface area contributed by atoms with Gasteiger partial charge in [-0.05, 0) is 35.9 Å². The van der Waals surface area contributed by atoms with Crippen LogP contribution in [0, 0.1) is 0 Å². The highest BCUT2D eigenvalue weighted by atomic mass is 35.5. The second-order valence-corrected chi connectivity index (χ2v) is 4.99. The summed E-state index contributed by atoms with van der Waals surface area (Å²) < 4.78 is 0. The Labute approximate surface area is 132 Å². The quantitative estimate of drug-likeness (QED) is 0.668. The topological polar surface area (TPSA) is 50.7 Å². The molecular formula is C15H12Cl2N2O2. The van der Waals surface area contributed by atoms with Gasteiger partial charge in [-0.15, -0.1) is 0 Å². The van der Waals surface area contributed by atoms with E-state index >= 15 is 0 Å². The predicted octanol–water partition coefficient (Wildman–Crippen LogP) is 3.98. The van der Waals surface area contributed by atoms with Crippen LogP contribution in [-0.2, 0) is 9.63 Å². The van der Waals surface area contributed by atoms with Crippen molar-refractivity contribution >= 4 is 41.0 Å². The number of amides is 1. The minimum atomic E-state index is -0.314. The number of oxime groups is 1. The molecule has 2 aromatic rings. The fourth-order valence-electron chi connectivity index (χ4n) is 1.51. The van der Waals surface area contributed by atoms with Crippen molar-refractivity contribution in [3.63, 3.8) is 0 Å². The van der Waals surface area contributed by atoms with Crippen LogP contribution in [0.5, 0.6) is 0 Å². The van der Waals surface area contributed by atoms with Crippen LogP contribution in [-0.4, -0.2) is 18.7 Å². The highest BCUT2D eigenvalue weighted by Gasteiger charge is 2.02. The maximum Gasteiger partial charge on any atom is 0.265 e. The van der Waals surface area contributed by atoms with E-state index in [9.17, 15) is 4.79 Å². The van der Waals surface area contributed by atoms with Gasteiger partial charge < -0.3 is 10.2 Å². The van der Waals surface area contributed by atoms with E-state index in [0.717, 1.165) is 5.56 Å². The van der Waals surface area contributed by atoms with Gasteiger partial charge in [0.05, 0.1) is 6.21 Å². The Morgan fingerprint density at radius 2 is 1.90 bits per heavy atom. The van der Waals surface area contributed by atoms with Crippen LogP contribution in [0.3, 0.4) is 0 Å². The molecule has 2 aromatic carbocycles. The first-order chi connectivity index (χ1) is 10.1. The van der Waals surface area contributed by atoms with Gasteiger partial charge in [0.15, 0.2) is 6.61 Å². The lowest BCUT2D eigenvalue weighted by molar-refractivity contribution is -0.120. The van der Waals surface area contributed by atoms with Crippen LogP contribution in [0.2, 0.25) is 10.0 Å². The molecule has 2 rings (SSSR count). The Balaban J connectivity index is 1.78. The van der Waals surface area contributed by atoms with E-state index in [4.69, 9.17) is 28.0 Å². The smallest absolute Gasteiger partial charge is 0.265 e. The molecule has 0 bridgehead atoms. The minimum absolute atomic E-state index is 0.184. The van der Waals surface area contributed by atoms with Crippen molar-refractivity contribution < 1.29 is 9.63 Å². The third-order valence-corrected chi connectivity index (χ3v) is 2.94. The Morgan fingerprint density at radius 3 is 2.62 bits per heavy atom. The Morgan fingerprint density at radius 1 is 1.14 bits per heavy atom. The molecule has 6 heteroatoms. The normalized spacial score (nSPS) is 10.6. The summed E-state index contributed by atoms with van der Waals surface area (Å²) in [6.45, 7) is -0.184. The molecule has 0 aliphatic carbocycles. The SMILES string of the molecule is O=C(CO/N=C\c1ccc(Cl)cc1)Nc1cccc(Cl)c1. The van der Waals surface area contributed by atoms with E-state index in [-0.39, 0.29) is 12.5 Å². The van der Waals surface area contributed by atoms with Gasteiger partial charge in [-0.25, -0.2) is 0 Å². The summed E-state index contributed by atoms with van der Waals surface area (Å²) >= 11 is 11.6. The fraction of sp³-hybridized carbons (Fsp3) is 0.0667. The van der Waals surface area contributed by atoms with E-state index in [2.05, 4.69) is 10.5 Å². The van der Waals surface area contributed by atoms with E-state index < -0.39 is 0 Å². The molecule has 0 aromatic heterocycles. The van der Waals surface area contributed by atoms with Crippen LogP contribution >= 0.6 is 23.2 Å². The molecule has 1 N–H and O–H groups in total. The number of benzene rings is 2. The van der Waals surface area contributed by atoms with Crippen LogP contribution < -0.4 is 5.32 Å². The summed E-state index contributed by atoms with van der Waals surface area (Å²) in [6.07, 6.45) is 1.50. The molecule has 0 saturated carbocycles. The van der Waals surface area contributed by atoms with Gasteiger partial charge in [0, 0.05) is 15.7 Å². The zero-order chi connectivity index (χ0) is 15.1. The predicted molar refractivity (Wildman–Crippen MR) is 85.1 cm³/mol. The second kappa shape index (κ2) is 7.67. The number of hydrogen-bond acceptors (Lipinski definition) is 3. The van der Waals surface area contributed by atoms with E-state index in [0.29, 0.717) is 15.7 Å². The maximum atomic E-state index is 11.6. The van der Waals surface area contributed by atoms with Crippen LogP contribution in [0.4, 0.5) is 5.69 Å². The van der Waals surface area contributed by atoms with Crippen molar-refractivity contribution in [1.82, 2.24) is 0 Å². The summed E-state index contributed by atoms with van der Waals surface area (Å²) in [5.41, 5.74) is 1.44. The van der Waals surface area contributed by atoms with Crippen LogP contribution in [0.25, 0.3) is 0 Å². The van der Waals surface area contributed by atoms with E-state index in [1.165, 1.54) is 6.21 Å². The third kappa shape index (κ3) is 5.45. The number of carbonyl (C=O) groups excluding carboxylic acids is 1. The highest BCUT2D eigenvalue weighted by Crippen LogP contribution is 2.14. The monoisotopic (exact) mass is 322 g/mol. The molecule has 0 aliphatic rings. The lowest BCUT2D eigenvalue weighted by Crippen LogP contribution is -2.16. The standard InChI is InChI=1S/C15H12Cl2N2O2/c16-12-6-4-11(5-7-12)9-18-21-10-15(20)19-14-3-1-2-13(17)8-14/h1-9H,10H2,(H,19,20)/b18-9-. The lowest BCUT2D eigenvalue weighted by atomic mass is 10.2. The first kappa shape index (κ1) is 15.4. The van der Waals surface area contributed by atoms with Crippen molar-refractivity contribution in [3.8, 4) is 0 Å². The van der Waals surface area contributed by atoms with Gasteiger partial charge in [-0.1, -0.05) is 46.6 Å². The molecule has 0 spiro atoms. The van der Waals surface area contributed by atoms with Gasteiger partial charge in [0.25, 0.3) is 5.91 Å². The fourth-order valence-corrected chi connectivity index (χ4v) is 1.82. The van der Waals surface area contributed by atoms with Crippen molar-refractivity contribution in [3.05, 3.63) is 64.1 Å². The molecule has 0 unspecified atom stereocenters. The molecule has 0 heterocycles. The molecule has 0 radical (unpaired) electrons. The summed E-state index contributed by atoms with van der Waals surface area (Å²) in [6, 6.07) is 13.9. The largest absolute Gasteiger partial charge is 0.386 e. The molecule has 0 fully saturated rings. The average molecular weight is 323 g/mol. The number of nitrogens with one attached hydrogen (secondary N) is 1. The molecule has 0 saturated heterocycles. The Hall–Kier alpha value is -2.04. The third-order valence-electron chi connectivity index (χ3n) is 2.45. The minimum Gasteiger partial charge on any atom is -0.386 e. The van der Waals surface area contributed by atoms with E-state index in [1.54, 1.807) is 48.5 Å². The summed E-state index contributed by atoms with van der Waals surface area (Å²) in [4.78, 5) is 16.5. The number of nitrogens with zero attached hydrogens (tertiary/aromatic N) is 1. The number of carbonyl (C=O) groups is 1. The maximum absolute atomic E-state index is 11.6. The Kier molecular flexibility index (Phi) is 5.60. The molecule has 21 heavy (non-hydrogen) atoms. The summed E-state index contributed by atoms with van der Waals surface area (Å²) in [5, 5.41) is 7.56. The van der Waals surface area contributed by atoms with Crippen molar-refractivity contribution in [2.24, 2.45) is 5.16 Å². The Bertz CT molecular complexity index is 642. The van der Waals surface area contributed by atoms with Crippen molar-refractivity contribution in [1.29, 1.82) is 0 Å². The van der Waals surface area contributed by atoms with Crippen LogP contribution in [0.1, 0.15) is 5.56 Å². The molecule has 1 amide bonds. The first-order valence-electron chi connectivity index (χ1n) is 6.10. The lowest BCUT2D eigenvalue weighted by Gasteiger charge is -2.04. The zero-order valence-corrected chi connectivity index (χ0v) is 12.4. The number of anilines is 1. The number of rotatable bonds is 5. The van der Waals surface area contributed by atoms with Gasteiger partial charge in [0.1, 0.15) is 0 Å². The molecule has 0 aliphatic heterocycles. The molecule has 108 valence electrons. The second-order valence-electron chi connectivity index (χ2n) is 4.12. The van der Waals surface area contributed by atoms with Gasteiger partial charge >= 0.3 is 0 Å². The van der Waals surface area contributed by atoms with Crippen LogP contribution in [0.15, 0.2) is 53.7 Å². The highest BCUT2D eigenvalue weighted by molar-refractivity contribution is 6.31. The molecular weight excluding hydrogens is 311 g/mol. The van der Waals surface area contributed by atoms with Gasteiger partial charge in [0.2, 0.25) is 0 Å². The van der Waals surface area contributed by atoms with E-state index in [1.807, 2.05) is 0 Å². The zero-order valence-electron chi connectivity index (χ0n) is 10.9. The van der Waals surface area contributed by atoms with Crippen molar-refractivity contribution in [2.45, 2.75) is 0 Å².